The summed E-state index contributed by atoms with van der Waals surface area (Å²) in [6, 6.07) is 4.61. The van der Waals surface area contributed by atoms with E-state index in [0.29, 0.717) is 5.25 Å². The predicted molar refractivity (Wildman–Crippen MR) is 78.2 cm³/mol. The molecule has 1 aliphatic carbocycles. The summed E-state index contributed by atoms with van der Waals surface area (Å²) in [5.41, 5.74) is 0.0551. The average molecular weight is 294 g/mol. The second-order valence-electron chi connectivity index (χ2n) is 4.91. The van der Waals surface area contributed by atoms with Crippen molar-refractivity contribution in [3.8, 4) is 0 Å². The van der Waals surface area contributed by atoms with Gasteiger partial charge in [0.2, 0.25) is 0 Å². The largest absolute Gasteiger partial charge is 0.477 e. The van der Waals surface area contributed by atoms with Crippen LogP contribution in [0.25, 0.3) is 0 Å². The van der Waals surface area contributed by atoms with E-state index in [9.17, 15) is 9.59 Å². The lowest BCUT2D eigenvalue weighted by Gasteiger charge is -2.28. The molecule has 2 N–H and O–H groups in total. The van der Waals surface area contributed by atoms with Gasteiger partial charge in [0.25, 0.3) is 5.91 Å². The molecule has 1 heterocycles. The van der Waals surface area contributed by atoms with Crippen LogP contribution in [0.5, 0.6) is 0 Å². The maximum absolute atomic E-state index is 12.1. The standard InChI is InChI=1S/C14H18N2O3S/c1-20-10-5-2-4-9(8-10)15-13(17)11-6-3-7-12(16-11)14(18)19/h3,6-7,9-10H,2,4-5,8H2,1H3,(H,15,17)(H,18,19). The molecule has 2 unspecified atom stereocenters. The Hall–Kier alpha value is -1.56. The smallest absolute Gasteiger partial charge is 0.354 e. The lowest BCUT2D eigenvalue weighted by Crippen LogP contribution is -2.39. The maximum Gasteiger partial charge on any atom is 0.354 e. The van der Waals surface area contributed by atoms with Crippen LogP contribution in [0.4, 0.5) is 0 Å². The number of pyridine rings is 1. The van der Waals surface area contributed by atoms with E-state index >= 15 is 0 Å². The summed E-state index contributed by atoms with van der Waals surface area (Å²) in [6.07, 6.45) is 6.33. The Morgan fingerprint density at radius 1 is 1.35 bits per heavy atom. The van der Waals surface area contributed by atoms with E-state index in [2.05, 4.69) is 16.6 Å². The highest BCUT2D eigenvalue weighted by molar-refractivity contribution is 7.99. The monoisotopic (exact) mass is 294 g/mol. The van der Waals surface area contributed by atoms with E-state index in [0.717, 1.165) is 19.3 Å². The Kier molecular flexibility index (Phi) is 5.00. The zero-order valence-electron chi connectivity index (χ0n) is 11.3. The van der Waals surface area contributed by atoms with Gasteiger partial charge < -0.3 is 10.4 Å². The van der Waals surface area contributed by atoms with E-state index in [1.165, 1.54) is 24.6 Å². The molecule has 0 aliphatic heterocycles. The summed E-state index contributed by atoms with van der Waals surface area (Å²) < 4.78 is 0. The number of carbonyl (C=O) groups is 2. The molecule has 6 heteroatoms. The van der Waals surface area contributed by atoms with Crippen LogP contribution >= 0.6 is 11.8 Å². The SMILES string of the molecule is CSC1CCCC(NC(=O)c2cccc(C(=O)O)n2)C1. The van der Waals surface area contributed by atoms with Gasteiger partial charge in [-0.1, -0.05) is 12.5 Å². The van der Waals surface area contributed by atoms with Crippen LogP contribution in [-0.4, -0.2) is 39.5 Å². The summed E-state index contributed by atoms with van der Waals surface area (Å²) in [4.78, 5) is 26.8. The molecule has 5 nitrogen and oxygen atoms in total. The lowest BCUT2D eigenvalue weighted by atomic mass is 9.95. The molecule has 2 atom stereocenters. The number of carboxylic acid groups (broad SMARTS) is 1. The topological polar surface area (TPSA) is 79.3 Å². The lowest BCUT2D eigenvalue weighted by molar-refractivity contribution is 0.0690. The van der Waals surface area contributed by atoms with Crippen molar-refractivity contribution in [2.45, 2.75) is 37.0 Å². The van der Waals surface area contributed by atoms with Crippen LogP contribution in [0.1, 0.15) is 46.7 Å². The second-order valence-corrected chi connectivity index (χ2v) is 6.05. The number of nitrogens with one attached hydrogen (secondary N) is 1. The number of rotatable bonds is 4. The summed E-state index contributed by atoms with van der Waals surface area (Å²) in [7, 11) is 0. The van der Waals surface area contributed by atoms with Gasteiger partial charge in [-0.15, -0.1) is 0 Å². The number of nitrogens with zero attached hydrogens (tertiary/aromatic N) is 1. The number of carboxylic acids is 1. The molecule has 2 rings (SSSR count). The van der Waals surface area contributed by atoms with Crippen LogP contribution in [0.3, 0.4) is 0 Å². The Morgan fingerprint density at radius 2 is 2.10 bits per heavy atom. The first-order chi connectivity index (χ1) is 9.60. The molecular weight excluding hydrogens is 276 g/mol. The minimum Gasteiger partial charge on any atom is -0.477 e. The molecule has 1 fully saturated rings. The van der Waals surface area contributed by atoms with E-state index < -0.39 is 5.97 Å². The van der Waals surface area contributed by atoms with Crippen LogP contribution in [0.15, 0.2) is 18.2 Å². The fourth-order valence-electron chi connectivity index (χ4n) is 2.43. The Labute approximate surface area is 122 Å². The molecule has 0 spiro atoms. The van der Waals surface area contributed by atoms with Crippen LogP contribution < -0.4 is 5.32 Å². The number of aromatic nitrogens is 1. The van der Waals surface area contributed by atoms with Crippen molar-refractivity contribution >= 4 is 23.6 Å². The van der Waals surface area contributed by atoms with Crippen molar-refractivity contribution in [3.63, 3.8) is 0 Å². The number of hydrogen-bond acceptors (Lipinski definition) is 4. The summed E-state index contributed by atoms with van der Waals surface area (Å²) >= 11 is 1.83. The first kappa shape index (κ1) is 14.8. The second kappa shape index (κ2) is 6.74. The van der Waals surface area contributed by atoms with E-state index in [1.807, 2.05) is 11.8 Å². The third-order valence-corrected chi connectivity index (χ3v) is 4.59. The number of thioether (sulfide) groups is 1. The Balaban J connectivity index is 2.01. The van der Waals surface area contributed by atoms with Crippen LogP contribution in [0, 0.1) is 0 Å². The Morgan fingerprint density at radius 3 is 2.80 bits per heavy atom. The average Bonchev–Trinajstić information content (AvgIpc) is 2.47. The van der Waals surface area contributed by atoms with Gasteiger partial charge in [0, 0.05) is 11.3 Å². The van der Waals surface area contributed by atoms with Gasteiger partial charge in [-0.2, -0.15) is 11.8 Å². The van der Waals surface area contributed by atoms with Crippen LogP contribution in [-0.2, 0) is 0 Å². The van der Waals surface area contributed by atoms with Gasteiger partial charge in [-0.25, -0.2) is 9.78 Å². The van der Waals surface area contributed by atoms with Gasteiger partial charge in [-0.05, 0) is 37.7 Å². The first-order valence-electron chi connectivity index (χ1n) is 6.64. The Bertz CT molecular complexity index is 507. The highest BCUT2D eigenvalue weighted by atomic mass is 32.2. The predicted octanol–water partition coefficient (Wildman–Crippen LogP) is 2.18. The van der Waals surface area contributed by atoms with Crippen molar-refractivity contribution in [2.75, 3.05) is 6.26 Å². The number of amides is 1. The molecule has 1 aromatic heterocycles. The maximum atomic E-state index is 12.1. The van der Waals surface area contributed by atoms with Gasteiger partial charge in [0.15, 0.2) is 0 Å². The highest BCUT2D eigenvalue weighted by Gasteiger charge is 2.23. The molecule has 0 saturated heterocycles. The summed E-state index contributed by atoms with van der Waals surface area (Å²) in [6.45, 7) is 0. The zero-order valence-corrected chi connectivity index (χ0v) is 12.2. The van der Waals surface area contributed by atoms with Crippen molar-refractivity contribution in [1.29, 1.82) is 0 Å². The molecule has 1 aromatic rings. The first-order valence-corrected chi connectivity index (χ1v) is 7.93. The molecule has 0 radical (unpaired) electrons. The summed E-state index contributed by atoms with van der Waals surface area (Å²) in [5, 5.41) is 12.4. The van der Waals surface area contributed by atoms with E-state index in [4.69, 9.17) is 5.11 Å². The molecule has 0 bridgehead atoms. The molecule has 0 aromatic carbocycles. The van der Waals surface area contributed by atoms with E-state index in [-0.39, 0.29) is 23.3 Å². The number of aromatic carboxylic acids is 1. The molecule has 108 valence electrons. The minimum atomic E-state index is -1.13. The van der Waals surface area contributed by atoms with Gasteiger partial charge in [-0.3, -0.25) is 4.79 Å². The minimum absolute atomic E-state index is 0.108. The van der Waals surface area contributed by atoms with Gasteiger partial charge in [0.1, 0.15) is 11.4 Å². The van der Waals surface area contributed by atoms with E-state index in [1.54, 1.807) is 0 Å². The number of carbonyl (C=O) groups excluding carboxylic acids is 1. The van der Waals surface area contributed by atoms with Crippen molar-refractivity contribution in [1.82, 2.24) is 10.3 Å². The van der Waals surface area contributed by atoms with Crippen molar-refractivity contribution in [3.05, 3.63) is 29.6 Å². The zero-order chi connectivity index (χ0) is 14.5. The molecule has 1 saturated carbocycles. The molecule has 20 heavy (non-hydrogen) atoms. The summed E-state index contributed by atoms with van der Waals surface area (Å²) in [5.74, 6) is -1.42. The van der Waals surface area contributed by atoms with Gasteiger partial charge in [0.05, 0.1) is 0 Å². The number of hydrogen-bond donors (Lipinski definition) is 2. The normalized spacial score (nSPS) is 22.2. The third kappa shape index (κ3) is 3.72. The quantitative estimate of drug-likeness (QED) is 0.890. The molecular formula is C14H18N2O3S. The fourth-order valence-corrected chi connectivity index (χ4v) is 3.26. The van der Waals surface area contributed by atoms with Crippen molar-refractivity contribution < 1.29 is 14.7 Å². The molecule has 1 amide bonds. The molecule has 1 aliphatic rings. The fraction of sp³-hybridized carbons (Fsp3) is 0.500. The highest BCUT2D eigenvalue weighted by Crippen LogP contribution is 2.26. The van der Waals surface area contributed by atoms with Crippen molar-refractivity contribution in [2.24, 2.45) is 0 Å². The third-order valence-electron chi connectivity index (χ3n) is 3.50. The van der Waals surface area contributed by atoms with Crippen LogP contribution in [0.2, 0.25) is 0 Å². The van der Waals surface area contributed by atoms with Gasteiger partial charge >= 0.3 is 5.97 Å².